The number of hydrogen-bond donors (Lipinski definition) is 1. The maximum absolute atomic E-state index is 5.19. The standard InChI is InChI=1S/C21H39N5O.HI/c1-7-22-21(25(5)15-19-10-8-16(2)9-11-19)23-14-20-17(3)24-26(18(20)4)12-13-27-6;/h16,19H,7-15H2,1-6H3,(H,22,23);1H. The third-order valence-corrected chi connectivity index (χ3v) is 5.79. The van der Waals surface area contributed by atoms with Crippen molar-refractivity contribution in [1.82, 2.24) is 20.0 Å². The Bertz CT molecular complexity index is 608. The number of methoxy groups -OCH3 is 1. The van der Waals surface area contributed by atoms with Gasteiger partial charge >= 0.3 is 0 Å². The van der Waals surface area contributed by atoms with E-state index in [1.165, 1.54) is 36.9 Å². The molecule has 0 aromatic carbocycles. The number of rotatable bonds is 8. The monoisotopic (exact) mass is 505 g/mol. The Hall–Kier alpha value is -0.830. The van der Waals surface area contributed by atoms with Gasteiger partial charge in [0.25, 0.3) is 0 Å². The van der Waals surface area contributed by atoms with Gasteiger partial charge in [-0.05, 0) is 45.4 Å². The number of guanidine groups is 1. The molecular formula is C21H40IN5O. The summed E-state index contributed by atoms with van der Waals surface area (Å²) in [5.74, 6) is 2.68. The highest BCUT2D eigenvalue weighted by atomic mass is 127. The molecule has 1 aliphatic rings. The lowest BCUT2D eigenvalue weighted by Gasteiger charge is -2.31. The molecule has 28 heavy (non-hydrogen) atoms. The highest BCUT2D eigenvalue weighted by molar-refractivity contribution is 14.0. The molecular weight excluding hydrogens is 465 g/mol. The molecule has 1 fully saturated rings. The van der Waals surface area contributed by atoms with Gasteiger partial charge in [-0.15, -0.1) is 24.0 Å². The first-order chi connectivity index (χ1) is 13.0. The summed E-state index contributed by atoms with van der Waals surface area (Å²) in [4.78, 5) is 7.24. The van der Waals surface area contributed by atoms with Gasteiger partial charge < -0.3 is 15.0 Å². The maximum Gasteiger partial charge on any atom is 0.193 e. The topological polar surface area (TPSA) is 54.7 Å². The van der Waals surface area contributed by atoms with Crippen molar-refractivity contribution < 1.29 is 4.74 Å². The fourth-order valence-electron chi connectivity index (χ4n) is 3.97. The summed E-state index contributed by atoms with van der Waals surface area (Å²) in [6.45, 7) is 12.8. The number of nitrogens with zero attached hydrogens (tertiary/aromatic N) is 4. The molecule has 0 spiro atoms. The molecule has 0 aliphatic heterocycles. The van der Waals surface area contributed by atoms with Gasteiger partial charge in [-0.25, -0.2) is 4.99 Å². The summed E-state index contributed by atoms with van der Waals surface area (Å²) in [6.07, 6.45) is 5.42. The average Bonchev–Trinajstić information content (AvgIpc) is 2.92. The van der Waals surface area contributed by atoms with E-state index in [4.69, 9.17) is 9.73 Å². The Morgan fingerprint density at radius 2 is 1.96 bits per heavy atom. The fraction of sp³-hybridized carbons (Fsp3) is 0.810. The van der Waals surface area contributed by atoms with Crippen LogP contribution in [0.1, 0.15) is 56.5 Å². The average molecular weight is 505 g/mol. The molecule has 1 aromatic heterocycles. The van der Waals surface area contributed by atoms with Crippen molar-refractivity contribution in [3.63, 3.8) is 0 Å². The van der Waals surface area contributed by atoms with Crippen LogP contribution in [0.4, 0.5) is 0 Å². The number of aryl methyl sites for hydroxylation is 1. The Balaban J connectivity index is 0.00000392. The van der Waals surface area contributed by atoms with Gasteiger partial charge in [-0.2, -0.15) is 5.10 Å². The first kappa shape index (κ1) is 25.2. The second kappa shape index (κ2) is 12.7. The molecule has 0 unspecified atom stereocenters. The van der Waals surface area contributed by atoms with Gasteiger partial charge in [0.05, 0.1) is 25.4 Å². The number of ether oxygens (including phenoxy) is 1. The van der Waals surface area contributed by atoms with E-state index in [-0.39, 0.29) is 24.0 Å². The van der Waals surface area contributed by atoms with Gasteiger partial charge in [0, 0.05) is 38.5 Å². The van der Waals surface area contributed by atoms with Crippen LogP contribution < -0.4 is 5.32 Å². The Morgan fingerprint density at radius 1 is 1.29 bits per heavy atom. The van der Waals surface area contributed by atoms with E-state index >= 15 is 0 Å². The fourth-order valence-corrected chi connectivity index (χ4v) is 3.97. The van der Waals surface area contributed by atoms with E-state index in [1.807, 2.05) is 4.68 Å². The molecule has 2 rings (SSSR count). The largest absolute Gasteiger partial charge is 0.383 e. The molecule has 0 bridgehead atoms. The van der Waals surface area contributed by atoms with Crippen molar-refractivity contribution in [2.45, 2.75) is 66.5 Å². The molecule has 1 N–H and O–H groups in total. The van der Waals surface area contributed by atoms with E-state index in [9.17, 15) is 0 Å². The zero-order valence-corrected chi connectivity index (χ0v) is 21.0. The third-order valence-electron chi connectivity index (χ3n) is 5.79. The van der Waals surface area contributed by atoms with Crippen molar-refractivity contribution in [3.8, 4) is 0 Å². The first-order valence-corrected chi connectivity index (χ1v) is 10.5. The number of aliphatic imine (C=N–C) groups is 1. The maximum atomic E-state index is 5.19. The quantitative estimate of drug-likeness (QED) is 0.330. The molecule has 162 valence electrons. The lowest BCUT2D eigenvalue weighted by atomic mass is 9.83. The predicted molar refractivity (Wildman–Crippen MR) is 128 cm³/mol. The summed E-state index contributed by atoms with van der Waals surface area (Å²) in [6, 6.07) is 0. The van der Waals surface area contributed by atoms with Gasteiger partial charge in [0.2, 0.25) is 0 Å². The molecule has 6 nitrogen and oxygen atoms in total. The minimum atomic E-state index is 0. The van der Waals surface area contributed by atoms with Crippen molar-refractivity contribution >= 4 is 29.9 Å². The summed E-state index contributed by atoms with van der Waals surface area (Å²) in [7, 11) is 3.89. The summed E-state index contributed by atoms with van der Waals surface area (Å²) < 4.78 is 7.22. The second-order valence-electron chi connectivity index (χ2n) is 8.04. The smallest absolute Gasteiger partial charge is 0.193 e. The third kappa shape index (κ3) is 7.21. The molecule has 0 radical (unpaired) electrons. The van der Waals surface area contributed by atoms with E-state index in [0.29, 0.717) is 13.2 Å². The van der Waals surface area contributed by atoms with Crippen molar-refractivity contribution in [2.24, 2.45) is 16.8 Å². The van der Waals surface area contributed by atoms with Crippen molar-refractivity contribution in [2.75, 3.05) is 33.9 Å². The van der Waals surface area contributed by atoms with Crippen molar-refractivity contribution in [3.05, 3.63) is 17.0 Å². The van der Waals surface area contributed by atoms with Gasteiger partial charge in [-0.3, -0.25) is 4.68 Å². The highest BCUT2D eigenvalue weighted by Crippen LogP contribution is 2.28. The Kier molecular flexibility index (Phi) is 11.4. The Morgan fingerprint density at radius 3 is 2.57 bits per heavy atom. The molecule has 1 heterocycles. The van der Waals surface area contributed by atoms with Gasteiger partial charge in [0.15, 0.2) is 5.96 Å². The molecule has 1 aromatic rings. The van der Waals surface area contributed by atoms with E-state index in [0.717, 1.165) is 43.1 Å². The van der Waals surface area contributed by atoms with Gasteiger partial charge in [-0.1, -0.05) is 19.8 Å². The van der Waals surface area contributed by atoms with Crippen molar-refractivity contribution in [1.29, 1.82) is 0 Å². The molecule has 0 amide bonds. The number of halogens is 1. The van der Waals surface area contributed by atoms with Crippen LogP contribution in [-0.2, 0) is 17.8 Å². The van der Waals surface area contributed by atoms with Crippen LogP contribution in [-0.4, -0.2) is 54.5 Å². The molecule has 7 heteroatoms. The van der Waals surface area contributed by atoms with Crippen LogP contribution in [0.5, 0.6) is 0 Å². The lowest BCUT2D eigenvalue weighted by Crippen LogP contribution is -2.41. The predicted octanol–water partition coefficient (Wildman–Crippen LogP) is 3.99. The summed E-state index contributed by atoms with van der Waals surface area (Å²) in [5.41, 5.74) is 3.47. The molecule has 1 saturated carbocycles. The van der Waals surface area contributed by atoms with Crippen LogP contribution in [0.2, 0.25) is 0 Å². The van der Waals surface area contributed by atoms with Crippen LogP contribution in [0, 0.1) is 25.7 Å². The minimum absolute atomic E-state index is 0. The number of nitrogens with one attached hydrogen (secondary N) is 1. The molecule has 0 atom stereocenters. The summed E-state index contributed by atoms with van der Waals surface area (Å²) >= 11 is 0. The van der Waals surface area contributed by atoms with Gasteiger partial charge in [0.1, 0.15) is 0 Å². The molecule has 0 saturated heterocycles. The highest BCUT2D eigenvalue weighted by Gasteiger charge is 2.21. The SMILES string of the molecule is CCNC(=NCc1c(C)nn(CCOC)c1C)N(C)CC1CCC(C)CC1.I. The second-order valence-corrected chi connectivity index (χ2v) is 8.04. The lowest BCUT2D eigenvalue weighted by molar-refractivity contribution is 0.182. The number of hydrogen-bond acceptors (Lipinski definition) is 3. The van der Waals surface area contributed by atoms with E-state index in [1.54, 1.807) is 7.11 Å². The number of aromatic nitrogens is 2. The van der Waals surface area contributed by atoms with Crippen LogP contribution in [0.15, 0.2) is 4.99 Å². The zero-order chi connectivity index (χ0) is 19.8. The minimum Gasteiger partial charge on any atom is -0.383 e. The normalized spacial score (nSPS) is 20.0. The first-order valence-electron chi connectivity index (χ1n) is 10.5. The molecule has 1 aliphatic carbocycles. The van der Waals surface area contributed by atoms with Crippen LogP contribution >= 0.6 is 24.0 Å². The van der Waals surface area contributed by atoms with E-state index < -0.39 is 0 Å². The van der Waals surface area contributed by atoms with Crippen LogP contribution in [0.25, 0.3) is 0 Å². The van der Waals surface area contributed by atoms with Crippen LogP contribution in [0.3, 0.4) is 0 Å². The summed E-state index contributed by atoms with van der Waals surface area (Å²) in [5, 5.41) is 8.11. The Labute approximate surface area is 188 Å². The van der Waals surface area contributed by atoms with E-state index in [2.05, 4.69) is 50.1 Å². The zero-order valence-electron chi connectivity index (χ0n) is 18.6.